The number of hydrogen-bond donors (Lipinski definition) is 0. The standard InChI is InChI=1S/C18H24N4/c1-21(13-16-7-2-4-10-19-16)15-18-9-6-12-22(18)14-17-8-3-5-11-20-17/h2-5,7-8,10-11,18H,6,9,12-15H2,1H3. The van der Waals surface area contributed by atoms with E-state index in [0.29, 0.717) is 6.04 Å². The van der Waals surface area contributed by atoms with E-state index in [1.807, 2.05) is 24.5 Å². The first-order chi connectivity index (χ1) is 10.8. The molecule has 1 aliphatic heterocycles. The zero-order chi connectivity index (χ0) is 15.2. The molecule has 0 radical (unpaired) electrons. The summed E-state index contributed by atoms with van der Waals surface area (Å²) in [6, 6.07) is 12.9. The maximum Gasteiger partial charge on any atom is 0.0544 e. The maximum atomic E-state index is 4.46. The van der Waals surface area contributed by atoms with Gasteiger partial charge >= 0.3 is 0 Å². The number of hydrogen-bond acceptors (Lipinski definition) is 4. The molecule has 116 valence electrons. The fourth-order valence-electron chi connectivity index (χ4n) is 3.20. The first kappa shape index (κ1) is 15.1. The molecule has 2 aromatic rings. The Balaban J connectivity index is 1.54. The van der Waals surface area contributed by atoms with Crippen molar-refractivity contribution in [1.82, 2.24) is 19.8 Å². The second-order valence-electron chi connectivity index (χ2n) is 6.11. The van der Waals surface area contributed by atoms with E-state index in [4.69, 9.17) is 0 Å². The minimum absolute atomic E-state index is 0.621. The molecule has 3 rings (SSSR count). The van der Waals surface area contributed by atoms with Crippen molar-refractivity contribution in [3.05, 3.63) is 60.2 Å². The molecule has 1 fully saturated rings. The molecule has 0 aliphatic carbocycles. The quantitative estimate of drug-likeness (QED) is 0.820. The largest absolute Gasteiger partial charge is 0.299 e. The van der Waals surface area contributed by atoms with Gasteiger partial charge < -0.3 is 0 Å². The molecule has 1 saturated heterocycles. The van der Waals surface area contributed by atoms with Gasteiger partial charge in [0.05, 0.1) is 11.4 Å². The smallest absolute Gasteiger partial charge is 0.0544 e. The van der Waals surface area contributed by atoms with Crippen LogP contribution < -0.4 is 0 Å². The van der Waals surface area contributed by atoms with Crippen LogP contribution >= 0.6 is 0 Å². The Kier molecular flexibility index (Phi) is 5.14. The van der Waals surface area contributed by atoms with Crippen molar-refractivity contribution in [2.24, 2.45) is 0 Å². The highest BCUT2D eigenvalue weighted by molar-refractivity contribution is 5.05. The van der Waals surface area contributed by atoms with Gasteiger partial charge in [-0.25, -0.2) is 0 Å². The molecule has 0 aromatic carbocycles. The lowest BCUT2D eigenvalue weighted by Gasteiger charge is -2.28. The van der Waals surface area contributed by atoms with Gasteiger partial charge in [-0.15, -0.1) is 0 Å². The monoisotopic (exact) mass is 296 g/mol. The zero-order valence-corrected chi connectivity index (χ0v) is 13.2. The SMILES string of the molecule is CN(Cc1ccccn1)CC1CCCN1Cc1ccccn1. The van der Waals surface area contributed by atoms with E-state index in [1.54, 1.807) is 0 Å². The Bertz CT molecular complexity index is 558. The average Bonchev–Trinajstić information content (AvgIpc) is 2.96. The molecule has 2 aromatic heterocycles. The molecule has 4 nitrogen and oxygen atoms in total. The van der Waals surface area contributed by atoms with Crippen LogP contribution in [-0.2, 0) is 13.1 Å². The van der Waals surface area contributed by atoms with Gasteiger partial charge in [0, 0.05) is 38.1 Å². The van der Waals surface area contributed by atoms with Gasteiger partial charge in [0.15, 0.2) is 0 Å². The first-order valence-electron chi connectivity index (χ1n) is 8.03. The van der Waals surface area contributed by atoms with Crippen LogP contribution in [0.1, 0.15) is 24.2 Å². The van der Waals surface area contributed by atoms with E-state index in [-0.39, 0.29) is 0 Å². The van der Waals surface area contributed by atoms with Crippen molar-refractivity contribution >= 4 is 0 Å². The van der Waals surface area contributed by atoms with Crippen LogP contribution in [0, 0.1) is 0 Å². The van der Waals surface area contributed by atoms with E-state index in [2.05, 4.69) is 51.1 Å². The van der Waals surface area contributed by atoms with Crippen LogP contribution in [0.3, 0.4) is 0 Å². The van der Waals surface area contributed by atoms with E-state index in [9.17, 15) is 0 Å². The van der Waals surface area contributed by atoms with Crippen LogP contribution in [-0.4, -0.2) is 45.9 Å². The number of rotatable bonds is 6. The van der Waals surface area contributed by atoms with Crippen molar-refractivity contribution < 1.29 is 0 Å². The fourth-order valence-corrected chi connectivity index (χ4v) is 3.20. The minimum atomic E-state index is 0.621. The van der Waals surface area contributed by atoms with Crippen LogP contribution in [0.15, 0.2) is 48.8 Å². The highest BCUT2D eigenvalue weighted by atomic mass is 15.2. The third-order valence-corrected chi connectivity index (χ3v) is 4.27. The molecule has 22 heavy (non-hydrogen) atoms. The zero-order valence-electron chi connectivity index (χ0n) is 13.2. The van der Waals surface area contributed by atoms with Gasteiger partial charge in [-0.1, -0.05) is 12.1 Å². The minimum Gasteiger partial charge on any atom is -0.299 e. The number of likely N-dealkylation sites (tertiary alicyclic amines) is 1. The molecular formula is C18H24N4. The lowest BCUT2D eigenvalue weighted by atomic mass is 10.2. The van der Waals surface area contributed by atoms with Gasteiger partial charge in [-0.2, -0.15) is 0 Å². The Labute approximate surface area is 132 Å². The second kappa shape index (κ2) is 7.47. The average molecular weight is 296 g/mol. The van der Waals surface area contributed by atoms with Gasteiger partial charge in [0.25, 0.3) is 0 Å². The van der Waals surface area contributed by atoms with Gasteiger partial charge in [0.2, 0.25) is 0 Å². The molecule has 1 unspecified atom stereocenters. The molecule has 1 aliphatic rings. The van der Waals surface area contributed by atoms with Gasteiger partial charge in [0.1, 0.15) is 0 Å². The molecule has 3 heterocycles. The number of aromatic nitrogens is 2. The van der Waals surface area contributed by atoms with Crippen molar-refractivity contribution in [3.8, 4) is 0 Å². The molecule has 0 saturated carbocycles. The summed E-state index contributed by atoms with van der Waals surface area (Å²) in [6.45, 7) is 4.14. The predicted octanol–water partition coefficient (Wildman–Crippen LogP) is 2.57. The van der Waals surface area contributed by atoms with Gasteiger partial charge in [-0.3, -0.25) is 19.8 Å². The normalized spacial score (nSPS) is 18.9. The fraction of sp³-hybridized carbons (Fsp3) is 0.444. The highest BCUT2D eigenvalue weighted by Gasteiger charge is 2.25. The lowest BCUT2D eigenvalue weighted by Crippen LogP contribution is -2.38. The van der Waals surface area contributed by atoms with E-state index >= 15 is 0 Å². The Morgan fingerprint density at radius 3 is 2.50 bits per heavy atom. The molecule has 0 spiro atoms. The second-order valence-corrected chi connectivity index (χ2v) is 6.11. The van der Waals surface area contributed by atoms with Crippen molar-refractivity contribution in [2.45, 2.75) is 32.0 Å². The van der Waals surface area contributed by atoms with Crippen LogP contribution in [0.4, 0.5) is 0 Å². The van der Waals surface area contributed by atoms with E-state index < -0.39 is 0 Å². The number of nitrogens with zero attached hydrogens (tertiary/aromatic N) is 4. The van der Waals surface area contributed by atoms with Crippen molar-refractivity contribution in [3.63, 3.8) is 0 Å². The summed E-state index contributed by atoms with van der Waals surface area (Å²) in [6.07, 6.45) is 6.31. The third-order valence-electron chi connectivity index (χ3n) is 4.27. The predicted molar refractivity (Wildman–Crippen MR) is 88.2 cm³/mol. The molecule has 0 bridgehead atoms. The third kappa shape index (κ3) is 4.12. The Morgan fingerprint density at radius 2 is 1.82 bits per heavy atom. The van der Waals surface area contributed by atoms with Crippen LogP contribution in [0.25, 0.3) is 0 Å². The Hall–Kier alpha value is -1.78. The van der Waals surface area contributed by atoms with E-state index in [0.717, 1.165) is 25.3 Å². The molecule has 1 atom stereocenters. The van der Waals surface area contributed by atoms with Gasteiger partial charge in [-0.05, 0) is 50.7 Å². The molecule has 0 N–H and O–H groups in total. The molecule has 0 amide bonds. The number of likely N-dealkylation sites (N-methyl/N-ethyl adjacent to an activating group) is 1. The summed E-state index contributed by atoms with van der Waals surface area (Å²) < 4.78 is 0. The maximum absolute atomic E-state index is 4.46. The summed E-state index contributed by atoms with van der Waals surface area (Å²) in [5, 5.41) is 0. The lowest BCUT2D eigenvalue weighted by molar-refractivity contribution is 0.180. The van der Waals surface area contributed by atoms with Crippen LogP contribution in [0.2, 0.25) is 0 Å². The summed E-state index contributed by atoms with van der Waals surface area (Å²) in [5.74, 6) is 0. The summed E-state index contributed by atoms with van der Waals surface area (Å²) in [7, 11) is 2.19. The molecular weight excluding hydrogens is 272 g/mol. The van der Waals surface area contributed by atoms with E-state index in [1.165, 1.54) is 25.1 Å². The van der Waals surface area contributed by atoms with Crippen molar-refractivity contribution in [1.29, 1.82) is 0 Å². The summed E-state index contributed by atoms with van der Waals surface area (Å²) in [4.78, 5) is 13.8. The first-order valence-corrected chi connectivity index (χ1v) is 8.03. The molecule has 4 heteroatoms. The summed E-state index contributed by atoms with van der Waals surface area (Å²) >= 11 is 0. The van der Waals surface area contributed by atoms with Crippen molar-refractivity contribution in [2.75, 3.05) is 20.1 Å². The summed E-state index contributed by atoms with van der Waals surface area (Å²) in [5.41, 5.74) is 2.31. The topological polar surface area (TPSA) is 32.3 Å². The Morgan fingerprint density at radius 1 is 1.09 bits per heavy atom. The van der Waals surface area contributed by atoms with Crippen LogP contribution in [0.5, 0.6) is 0 Å². The number of pyridine rings is 2. The highest BCUT2D eigenvalue weighted by Crippen LogP contribution is 2.20.